The van der Waals surface area contributed by atoms with Crippen LogP contribution in [0.3, 0.4) is 0 Å². The van der Waals surface area contributed by atoms with Crippen molar-refractivity contribution in [2.24, 2.45) is 0 Å². The molecule has 5 heteroatoms. The van der Waals surface area contributed by atoms with E-state index in [0.29, 0.717) is 24.5 Å². The van der Waals surface area contributed by atoms with Gasteiger partial charge >= 0.3 is 0 Å². The molecule has 0 spiro atoms. The van der Waals surface area contributed by atoms with E-state index < -0.39 is 6.10 Å². The zero-order valence-corrected chi connectivity index (χ0v) is 13.0. The first-order chi connectivity index (χ1) is 11.3. The summed E-state index contributed by atoms with van der Waals surface area (Å²) in [5.41, 5.74) is 0.956. The third kappa shape index (κ3) is 3.74. The van der Waals surface area contributed by atoms with Gasteiger partial charge in [-0.15, -0.1) is 0 Å². The maximum absolute atomic E-state index is 12.3. The molecule has 1 aliphatic rings. The van der Waals surface area contributed by atoms with Gasteiger partial charge < -0.3 is 19.5 Å². The zero-order valence-electron chi connectivity index (χ0n) is 13.0. The number of carbonyl (C=O) groups is 1. The van der Waals surface area contributed by atoms with E-state index in [9.17, 15) is 4.79 Å². The van der Waals surface area contributed by atoms with Crippen molar-refractivity contribution in [2.75, 3.05) is 6.79 Å². The highest BCUT2D eigenvalue weighted by atomic mass is 16.7. The van der Waals surface area contributed by atoms with Gasteiger partial charge in [0, 0.05) is 6.54 Å². The number of rotatable bonds is 6. The summed E-state index contributed by atoms with van der Waals surface area (Å²) in [4.78, 5) is 12.3. The van der Waals surface area contributed by atoms with Crippen LogP contribution in [0.1, 0.15) is 18.9 Å². The smallest absolute Gasteiger partial charge is 0.261 e. The average molecular weight is 313 g/mol. The van der Waals surface area contributed by atoms with Crippen LogP contribution < -0.4 is 19.5 Å². The Morgan fingerprint density at radius 3 is 2.74 bits per heavy atom. The minimum atomic E-state index is -0.508. The number of nitrogens with one attached hydrogen (secondary N) is 1. The molecule has 23 heavy (non-hydrogen) atoms. The molecule has 1 unspecified atom stereocenters. The second-order valence-electron chi connectivity index (χ2n) is 5.23. The summed E-state index contributed by atoms with van der Waals surface area (Å²) in [6.45, 7) is 2.59. The number of amides is 1. The van der Waals surface area contributed by atoms with Gasteiger partial charge in [-0.2, -0.15) is 0 Å². The van der Waals surface area contributed by atoms with Crippen LogP contribution in [0.25, 0.3) is 0 Å². The van der Waals surface area contributed by atoms with Gasteiger partial charge in [-0.1, -0.05) is 31.2 Å². The number of ether oxygens (including phenoxy) is 3. The summed E-state index contributed by atoms with van der Waals surface area (Å²) in [6, 6.07) is 15.0. The van der Waals surface area contributed by atoms with E-state index in [1.807, 2.05) is 55.5 Å². The quantitative estimate of drug-likeness (QED) is 0.891. The fourth-order valence-electron chi connectivity index (χ4n) is 2.34. The molecule has 1 aliphatic heterocycles. The molecule has 3 rings (SSSR count). The summed E-state index contributed by atoms with van der Waals surface area (Å²) in [6.07, 6.45) is 0.0911. The molecule has 0 fully saturated rings. The van der Waals surface area contributed by atoms with Crippen LogP contribution in [-0.2, 0) is 11.3 Å². The first kappa shape index (κ1) is 15.2. The van der Waals surface area contributed by atoms with E-state index in [4.69, 9.17) is 14.2 Å². The molecule has 0 saturated heterocycles. The van der Waals surface area contributed by atoms with Gasteiger partial charge in [-0.25, -0.2) is 0 Å². The molecule has 0 saturated carbocycles. The number of hydrogen-bond donors (Lipinski definition) is 1. The van der Waals surface area contributed by atoms with Gasteiger partial charge in [0.25, 0.3) is 5.91 Å². The summed E-state index contributed by atoms with van der Waals surface area (Å²) >= 11 is 0. The third-order valence-electron chi connectivity index (χ3n) is 3.59. The Labute approximate surface area is 135 Å². The van der Waals surface area contributed by atoms with Crippen molar-refractivity contribution in [1.29, 1.82) is 0 Å². The first-order valence-corrected chi connectivity index (χ1v) is 7.64. The molecular weight excluding hydrogens is 294 g/mol. The predicted molar refractivity (Wildman–Crippen MR) is 85.6 cm³/mol. The van der Waals surface area contributed by atoms with E-state index in [1.165, 1.54) is 0 Å². The number of benzene rings is 2. The van der Waals surface area contributed by atoms with Crippen LogP contribution in [0.15, 0.2) is 48.5 Å². The van der Waals surface area contributed by atoms with Crippen molar-refractivity contribution in [2.45, 2.75) is 26.0 Å². The van der Waals surface area contributed by atoms with Crippen molar-refractivity contribution in [1.82, 2.24) is 5.32 Å². The van der Waals surface area contributed by atoms with Crippen molar-refractivity contribution in [3.63, 3.8) is 0 Å². The Hall–Kier alpha value is -2.69. The van der Waals surface area contributed by atoms with E-state index in [0.717, 1.165) is 11.3 Å². The van der Waals surface area contributed by atoms with Crippen LogP contribution in [0.5, 0.6) is 17.2 Å². The highest BCUT2D eigenvalue weighted by molar-refractivity contribution is 5.81. The molecule has 2 aromatic carbocycles. The van der Waals surface area contributed by atoms with Crippen LogP contribution in [-0.4, -0.2) is 18.8 Å². The largest absolute Gasteiger partial charge is 0.481 e. The summed E-state index contributed by atoms with van der Waals surface area (Å²) in [7, 11) is 0. The molecular formula is C18H19NO4. The van der Waals surface area contributed by atoms with Crippen molar-refractivity contribution in [3.05, 3.63) is 54.1 Å². The van der Waals surface area contributed by atoms with Crippen molar-refractivity contribution >= 4 is 5.91 Å². The number of hydrogen-bond acceptors (Lipinski definition) is 4. The number of carbonyl (C=O) groups excluding carboxylic acids is 1. The van der Waals surface area contributed by atoms with E-state index in [2.05, 4.69) is 5.32 Å². The lowest BCUT2D eigenvalue weighted by Crippen LogP contribution is -2.37. The standard InChI is InChI=1S/C18H19NO4/c1-2-15(23-14-6-4-3-5-7-14)18(20)19-11-13-8-9-16-17(10-13)22-12-21-16/h3-10,15H,2,11-12H2,1H3,(H,19,20). The van der Waals surface area contributed by atoms with Crippen molar-refractivity contribution < 1.29 is 19.0 Å². The monoisotopic (exact) mass is 313 g/mol. The zero-order chi connectivity index (χ0) is 16.1. The fourth-order valence-corrected chi connectivity index (χ4v) is 2.34. The van der Waals surface area contributed by atoms with Crippen molar-refractivity contribution in [3.8, 4) is 17.2 Å². The topological polar surface area (TPSA) is 56.8 Å². The Morgan fingerprint density at radius 1 is 1.17 bits per heavy atom. The lowest BCUT2D eigenvalue weighted by atomic mass is 10.2. The van der Waals surface area contributed by atoms with E-state index in [-0.39, 0.29) is 12.7 Å². The Morgan fingerprint density at radius 2 is 1.96 bits per heavy atom. The fraction of sp³-hybridized carbons (Fsp3) is 0.278. The maximum atomic E-state index is 12.3. The second-order valence-corrected chi connectivity index (χ2v) is 5.23. The Balaban J connectivity index is 1.57. The van der Waals surface area contributed by atoms with Crippen LogP contribution in [0, 0.1) is 0 Å². The van der Waals surface area contributed by atoms with Gasteiger partial charge in [0.1, 0.15) is 5.75 Å². The molecule has 0 aliphatic carbocycles. The van der Waals surface area contributed by atoms with E-state index in [1.54, 1.807) is 0 Å². The average Bonchev–Trinajstić information content (AvgIpc) is 3.06. The molecule has 0 radical (unpaired) electrons. The summed E-state index contributed by atoms with van der Waals surface area (Å²) < 4.78 is 16.3. The molecule has 1 heterocycles. The highest BCUT2D eigenvalue weighted by Gasteiger charge is 2.19. The molecule has 0 aromatic heterocycles. The van der Waals surface area contributed by atoms with Gasteiger partial charge in [-0.05, 0) is 36.2 Å². The minimum Gasteiger partial charge on any atom is -0.481 e. The lowest BCUT2D eigenvalue weighted by Gasteiger charge is -2.17. The Bertz CT molecular complexity index is 672. The van der Waals surface area contributed by atoms with Crippen LogP contribution >= 0.6 is 0 Å². The third-order valence-corrected chi connectivity index (χ3v) is 3.59. The SMILES string of the molecule is CCC(Oc1ccccc1)C(=O)NCc1ccc2c(c1)OCO2. The minimum absolute atomic E-state index is 0.131. The molecule has 1 atom stereocenters. The highest BCUT2D eigenvalue weighted by Crippen LogP contribution is 2.32. The molecule has 1 amide bonds. The van der Waals surface area contributed by atoms with E-state index >= 15 is 0 Å². The van der Waals surface area contributed by atoms with Gasteiger partial charge in [0.05, 0.1) is 0 Å². The van der Waals surface area contributed by atoms with Crippen LogP contribution in [0.4, 0.5) is 0 Å². The first-order valence-electron chi connectivity index (χ1n) is 7.64. The molecule has 1 N–H and O–H groups in total. The Kier molecular flexibility index (Phi) is 4.66. The maximum Gasteiger partial charge on any atom is 0.261 e. The summed E-state index contributed by atoms with van der Waals surface area (Å²) in [5.74, 6) is 2.01. The van der Waals surface area contributed by atoms with Crippen LogP contribution in [0.2, 0.25) is 0 Å². The van der Waals surface area contributed by atoms with Gasteiger partial charge in [0.15, 0.2) is 17.6 Å². The molecule has 5 nitrogen and oxygen atoms in total. The second kappa shape index (κ2) is 7.05. The van der Waals surface area contributed by atoms with Gasteiger partial charge in [-0.3, -0.25) is 4.79 Å². The molecule has 120 valence electrons. The normalized spacial score (nSPS) is 13.4. The molecule has 2 aromatic rings. The predicted octanol–water partition coefficient (Wildman–Crippen LogP) is 2.89. The lowest BCUT2D eigenvalue weighted by molar-refractivity contribution is -0.128. The van der Waals surface area contributed by atoms with Gasteiger partial charge in [0.2, 0.25) is 6.79 Å². The summed E-state index contributed by atoms with van der Waals surface area (Å²) in [5, 5.41) is 2.90. The number of fused-ring (bicyclic) bond motifs is 1. The molecule has 0 bridgehead atoms. The number of para-hydroxylation sites is 1.